The van der Waals surface area contributed by atoms with Crippen LogP contribution < -0.4 is 0 Å². The Bertz CT molecular complexity index is 204. The lowest BCUT2D eigenvalue weighted by atomic mass is 10.2. The number of hydrogen-bond acceptors (Lipinski definition) is 1. The second-order valence-corrected chi connectivity index (χ2v) is 2.91. The molecule has 0 amide bonds. The minimum absolute atomic E-state index is 0.0419. The first-order valence-corrected chi connectivity index (χ1v) is 4.09. The fraction of sp³-hybridized carbons (Fsp3) is 0.375. The molecule has 11 heavy (non-hydrogen) atoms. The third-order valence-electron chi connectivity index (χ3n) is 1.20. The Kier molecular flexibility index (Phi) is 5.26. The van der Waals surface area contributed by atoms with Crippen LogP contribution in [-0.4, -0.2) is 11.7 Å². The van der Waals surface area contributed by atoms with E-state index in [1.165, 1.54) is 6.92 Å². The van der Waals surface area contributed by atoms with E-state index in [9.17, 15) is 4.79 Å². The van der Waals surface area contributed by atoms with Gasteiger partial charge < -0.3 is 0 Å². The van der Waals surface area contributed by atoms with E-state index in [1.807, 2.05) is 0 Å². The van der Waals surface area contributed by atoms with Crippen molar-refractivity contribution in [3.8, 4) is 0 Å². The van der Waals surface area contributed by atoms with Crippen molar-refractivity contribution in [3.63, 3.8) is 0 Å². The van der Waals surface area contributed by atoms with Gasteiger partial charge in [0.05, 0.1) is 5.88 Å². The van der Waals surface area contributed by atoms with Crippen LogP contribution in [0.2, 0.25) is 0 Å². The highest BCUT2D eigenvalue weighted by molar-refractivity contribution is 6.35. The predicted octanol–water partition coefficient (Wildman–Crippen LogP) is 2.88. The molecule has 0 saturated carbocycles. The van der Waals surface area contributed by atoms with E-state index in [-0.39, 0.29) is 11.7 Å². The van der Waals surface area contributed by atoms with Crippen molar-refractivity contribution in [1.29, 1.82) is 0 Å². The topological polar surface area (TPSA) is 17.1 Å². The first-order valence-electron chi connectivity index (χ1n) is 3.17. The number of Topliss-reactive ketones (excluding diaryl/α,β-unsaturated/α-hetero) is 1. The second-order valence-electron chi connectivity index (χ2n) is 2.15. The summed E-state index contributed by atoms with van der Waals surface area (Å²) in [6.07, 6.45) is 3.29. The van der Waals surface area contributed by atoms with Crippen LogP contribution in [0.5, 0.6) is 0 Å². The standard InChI is InChI=1S/C8H10Cl2O/c1-6(7(2)11)3-4-8(10)5-9/h3-4H,5H2,1-2H3/b6-3-,8-4+. The van der Waals surface area contributed by atoms with Crippen LogP contribution in [0, 0.1) is 0 Å². The maximum atomic E-state index is 10.7. The largest absolute Gasteiger partial charge is 0.295 e. The Balaban J connectivity index is 4.22. The first-order chi connectivity index (χ1) is 5.07. The van der Waals surface area contributed by atoms with Gasteiger partial charge in [0, 0.05) is 5.03 Å². The van der Waals surface area contributed by atoms with Crippen molar-refractivity contribution in [2.75, 3.05) is 5.88 Å². The number of allylic oxidation sites excluding steroid dienone is 4. The normalized spacial score (nSPS) is 13.5. The summed E-state index contributed by atoms with van der Waals surface area (Å²) < 4.78 is 0. The molecule has 0 aromatic rings. The average Bonchev–Trinajstić information content (AvgIpc) is 1.99. The minimum Gasteiger partial charge on any atom is -0.295 e. The van der Waals surface area contributed by atoms with Crippen molar-refractivity contribution in [1.82, 2.24) is 0 Å². The van der Waals surface area contributed by atoms with Gasteiger partial charge in [0.1, 0.15) is 0 Å². The molecule has 0 aromatic carbocycles. The number of alkyl halides is 1. The maximum absolute atomic E-state index is 10.7. The van der Waals surface area contributed by atoms with Crippen molar-refractivity contribution < 1.29 is 4.79 Å². The van der Waals surface area contributed by atoms with E-state index in [2.05, 4.69) is 0 Å². The molecule has 3 heteroatoms. The summed E-state index contributed by atoms with van der Waals surface area (Å²) in [5.41, 5.74) is 0.674. The maximum Gasteiger partial charge on any atom is 0.155 e. The number of carbonyl (C=O) groups excluding carboxylic acids is 1. The molecule has 0 aliphatic heterocycles. The quantitative estimate of drug-likeness (QED) is 0.382. The van der Waals surface area contributed by atoms with Gasteiger partial charge in [-0.3, -0.25) is 4.79 Å². The number of halogens is 2. The zero-order chi connectivity index (χ0) is 8.85. The molecule has 0 radical (unpaired) electrons. The van der Waals surface area contributed by atoms with Gasteiger partial charge in [0.25, 0.3) is 0 Å². The van der Waals surface area contributed by atoms with E-state index >= 15 is 0 Å². The van der Waals surface area contributed by atoms with Gasteiger partial charge in [-0.25, -0.2) is 0 Å². The highest BCUT2D eigenvalue weighted by atomic mass is 35.5. The van der Waals surface area contributed by atoms with Gasteiger partial charge in [0.2, 0.25) is 0 Å². The van der Waals surface area contributed by atoms with Crippen LogP contribution in [0.3, 0.4) is 0 Å². The van der Waals surface area contributed by atoms with Gasteiger partial charge in [-0.2, -0.15) is 0 Å². The third-order valence-corrected chi connectivity index (χ3v) is 1.88. The summed E-state index contributed by atoms with van der Waals surface area (Å²) in [4.78, 5) is 10.7. The van der Waals surface area contributed by atoms with E-state index < -0.39 is 0 Å². The molecule has 0 spiro atoms. The predicted molar refractivity (Wildman–Crippen MR) is 49.1 cm³/mol. The van der Waals surface area contributed by atoms with Crippen LogP contribution in [0.15, 0.2) is 22.8 Å². The molecule has 0 N–H and O–H groups in total. The molecule has 0 rings (SSSR count). The summed E-state index contributed by atoms with van der Waals surface area (Å²) in [6.45, 7) is 3.24. The zero-order valence-corrected chi connectivity index (χ0v) is 8.04. The monoisotopic (exact) mass is 192 g/mol. The minimum atomic E-state index is 0.0419. The van der Waals surface area contributed by atoms with Crippen molar-refractivity contribution in [3.05, 3.63) is 22.8 Å². The van der Waals surface area contributed by atoms with Crippen LogP contribution in [0.4, 0.5) is 0 Å². The number of ketones is 1. The molecule has 0 heterocycles. The van der Waals surface area contributed by atoms with E-state index in [0.29, 0.717) is 10.6 Å². The molecule has 0 atom stereocenters. The van der Waals surface area contributed by atoms with Crippen LogP contribution >= 0.6 is 23.2 Å². The summed E-state index contributed by atoms with van der Waals surface area (Å²) >= 11 is 11.0. The van der Waals surface area contributed by atoms with Gasteiger partial charge >= 0.3 is 0 Å². The van der Waals surface area contributed by atoms with Crippen molar-refractivity contribution >= 4 is 29.0 Å². The lowest BCUT2D eigenvalue weighted by molar-refractivity contribution is -0.113. The molecular weight excluding hydrogens is 183 g/mol. The summed E-state index contributed by atoms with van der Waals surface area (Å²) in [6, 6.07) is 0. The summed E-state index contributed by atoms with van der Waals surface area (Å²) in [5.74, 6) is 0.323. The van der Waals surface area contributed by atoms with Crippen LogP contribution in [-0.2, 0) is 4.79 Å². The molecule has 0 aromatic heterocycles. The molecule has 0 saturated heterocycles. The highest BCUT2D eigenvalue weighted by Crippen LogP contribution is 2.05. The fourth-order valence-electron chi connectivity index (χ4n) is 0.377. The SMILES string of the molecule is CC(=O)/C(C)=C\C=C(\Cl)CCl. The lowest BCUT2D eigenvalue weighted by Gasteiger charge is -1.90. The molecule has 62 valence electrons. The molecule has 0 bridgehead atoms. The Morgan fingerprint density at radius 2 is 1.91 bits per heavy atom. The van der Waals surface area contributed by atoms with Crippen LogP contribution in [0.1, 0.15) is 13.8 Å². The summed E-state index contributed by atoms with van der Waals surface area (Å²) in [7, 11) is 0. The van der Waals surface area contributed by atoms with Gasteiger partial charge in [-0.15, -0.1) is 11.6 Å². The number of hydrogen-bond donors (Lipinski definition) is 0. The third kappa shape index (κ3) is 5.05. The van der Waals surface area contributed by atoms with Crippen LogP contribution in [0.25, 0.3) is 0 Å². The van der Waals surface area contributed by atoms with Gasteiger partial charge in [-0.1, -0.05) is 17.7 Å². The van der Waals surface area contributed by atoms with Crippen molar-refractivity contribution in [2.24, 2.45) is 0 Å². The number of carbonyl (C=O) groups is 1. The molecule has 0 aliphatic rings. The molecular formula is C8H10Cl2O. The molecule has 1 nitrogen and oxygen atoms in total. The molecule has 0 unspecified atom stereocenters. The van der Waals surface area contributed by atoms with Gasteiger partial charge in [0.15, 0.2) is 5.78 Å². The smallest absolute Gasteiger partial charge is 0.155 e. The molecule has 0 fully saturated rings. The highest BCUT2D eigenvalue weighted by Gasteiger charge is 1.93. The summed E-state index contributed by atoms with van der Waals surface area (Å²) in [5, 5.41) is 0.535. The van der Waals surface area contributed by atoms with E-state index in [4.69, 9.17) is 23.2 Å². The number of rotatable bonds is 3. The Labute approximate surface area is 76.7 Å². The van der Waals surface area contributed by atoms with E-state index in [1.54, 1.807) is 19.1 Å². The Hall–Kier alpha value is -0.270. The Morgan fingerprint density at radius 3 is 2.27 bits per heavy atom. The zero-order valence-electron chi connectivity index (χ0n) is 6.53. The van der Waals surface area contributed by atoms with E-state index in [0.717, 1.165) is 0 Å². The second kappa shape index (κ2) is 5.39. The Morgan fingerprint density at radius 1 is 1.36 bits per heavy atom. The molecule has 0 aliphatic carbocycles. The fourth-order valence-corrected chi connectivity index (χ4v) is 0.529. The van der Waals surface area contributed by atoms with Crippen molar-refractivity contribution in [2.45, 2.75) is 13.8 Å². The lowest BCUT2D eigenvalue weighted by Crippen LogP contribution is -1.89. The first kappa shape index (κ1) is 10.7. The van der Waals surface area contributed by atoms with Gasteiger partial charge in [-0.05, 0) is 25.5 Å². The average molecular weight is 193 g/mol.